The normalized spacial score (nSPS) is 10.8. The van der Waals surface area contributed by atoms with Crippen LogP contribution in [0.5, 0.6) is 0 Å². The van der Waals surface area contributed by atoms with Gasteiger partial charge < -0.3 is 4.79 Å². The van der Waals surface area contributed by atoms with Crippen LogP contribution in [0, 0.1) is 11.6 Å². The van der Waals surface area contributed by atoms with E-state index in [2.05, 4.69) is 4.98 Å². The lowest BCUT2D eigenvalue weighted by molar-refractivity contribution is -0.107. The zero-order valence-electron chi connectivity index (χ0n) is 11.0. The minimum Gasteiger partial charge on any atom is -0.303 e. The smallest absolute Gasteiger partial charge is 0.124 e. The highest BCUT2D eigenvalue weighted by atomic mass is 19.1. The lowest BCUT2D eigenvalue weighted by atomic mass is 10.0. The van der Waals surface area contributed by atoms with Crippen LogP contribution in [0.1, 0.15) is 5.56 Å². The van der Waals surface area contributed by atoms with Crippen molar-refractivity contribution in [3.63, 3.8) is 0 Å². The van der Waals surface area contributed by atoms with Crippen LogP contribution in [0.2, 0.25) is 0 Å². The van der Waals surface area contributed by atoms with Gasteiger partial charge in [0.05, 0.1) is 11.2 Å². The molecule has 0 aliphatic carbocycles. The van der Waals surface area contributed by atoms with E-state index in [9.17, 15) is 13.6 Å². The number of pyridine rings is 1. The van der Waals surface area contributed by atoms with Gasteiger partial charge in [0.1, 0.15) is 17.9 Å². The first-order valence-electron chi connectivity index (χ1n) is 6.46. The maximum Gasteiger partial charge on any atom is 0.124 e. The predicted octanol–water partition coefficient (Wildman–Crippen LogP) is 3.92. The van der Waals surface area contributed by atoms with Crippen LogP contribution < -0.4 is 0 Å². The molecule has 0 radical (unpaired) electrons. The Bertz CT molecular complexity index is 830. The van der Waals surface area contributed by atoms with Crippen molar-refractivity contribution in [2.75, 3.05) is 0 Å². The fourth-order valence-corrected chi connectivity index (χ4v) is 2.32. The zero-order chi connectivity index (χ0) is 14.8. The Morgan fingerprint density at radius 2 is 1.81 bits per heavy atom. The van der Waals surface area contributed by atoms with Crippen molar-refractivity contribution in [3.8, 4) is 11.3 Å². The topological polar surface area (TPSA) is 30.0 Å². The second-order valence-corrected chi connectivity index (χ2v) is 4.71. The number of carbonyl (C=O) groups is 1. The monoisotopic (exact) mass is 283 g/mol. The molecule has 1 heterocycles. The first kappa shape index (κ1) is 13.4. The van der Waals surface area contributed by atoms with E-state index in [4.69, 9.17) is 0 Å². The van der Waals surface area contributed by atoms with Gasteiger partial charge in [-0.3, -0.25) is 0 Å². The van der Waals surface area contributed by atoms with Gasteiger partial charge in [0, 0.05) is 17.4 Å². The molecule has 0 unspecified atom stereocenters. The van der Waals surface area contributed by atoms with Gasteiger partial charge in [-0.15, -0.1) is 0 Å². The lowest BCUT2D eigenvalue weighted by Crippen LogP contribution is -1.95. The molecule has 0 amide bonds. The van der Waals surface area contributed by atoms with E-state index in [1.54, 1.807) is 24.3 Å². The van der Waals surface area contributed by atoms with Crippen molar-refractivity contribution < 1.29 is 13.6 Å². The highest BCUT2D eigenvalue weighted by Crippen LogP contribution is 2.26. The summed E-state index contributed by atoms with van der Waals surface area (Å²) < 4.78 is 26.7. The molecule has 1 aromatic heterocycles. The maximum absolute atomic E-state index is 13.4. The minimum atomic E-state index is -0.380. The zero-order valence-corrected chi connectivity index (χ0v) is 11.0. The molecule has 0 bridgehead atoms. The summed E-state index contributed by atoms with van der Waals surface area (Å²) in [7, 11) is 0. The second-order valence-electron chi connectivity index (χ2n) is 4.71. The number of aldehydes is 1. The maximum atomic E-state index is 13.4. The van der Waals surface area contributed by atoms with E-state index < -0.39 is 0 Å². The van der Waals surface area contributed by atoms with Gasteiger partial charge in [0.2, 0.25) is 0 Å². The number of nitrogens with zero attached hydrogens (tertiary/aromatic N) is 1. The molecule has 21 heavy (non-hydrogen) atoms. The van der Waals surface area contributed by atoms with Crippen molar-refractivity contribution in [3.05, 3.63) is 65.7 Å². The summed E-state index contributed by atoms with van der Waals surface area (Å²) in [4.78, 5) is 15.3. The molecule has 0 saturated carbocycles. The summed E-state index contributed by atoms with van der Waals surface area (Å²) in [5.74, 6) is -0.736. The molecular weight excluding hydrogens is 272 g/mol. The van der Waals surface area contributed by atoms with E-state index in [1.807, 2.05) is 0 Å². The van der Waals surface area contributed by atoms with Crippen LogP contribution in [0.25, 0.3) is 22.2 Å². The molecule has 0 atom stereocenters. The summed E-state index contributed by atoms with van der Waals surface area (Å²) in [5, 5.41) is 0.599. The van der Waals surface area contributed by atoms with E-state index in [-0.39, 0.29) is 18.1 Å². The third kappa shape index (κ3) is 2.65. The van der Waals surface area contributed by atoms with Crippen molar-refractivity contribution in [2.45, 2.75) is 6.42 Å². The second kappa shape index (κ2) is 5.40. The Morgan fingerprint density at radius 1 is 1.00 bits per heavy atom. The van der Waals surface area contributed by atoms with Crippen molar-refractivity contribution in [2.24, 2.45) is 0 Å². The summed E-state index contributed by atoms with van der Waals surface area (Å²) in [6.07, 6.45) is 0.916. The van der Waals surface area contributed by atoms with Gasteiger partial charge in [0.15, 0.2) is 0 Å². The Morgan fingerprint density at radius 3 is 2.57 bits per heavy atom. The SMILES string of the molecule is O=CCc1cc(-c2cccc(F)c2)nc2ccc(F)cc12. The van der Waals surface area contributed by atoms with Crippen LogP contribution in [0.3, 0.4) is 0 Å². The molecule has 0 N–H and O–H groups in total. The minimum absolute atomic E-state index is 0.158. The standard InChI is InChI=1S/C17H11F2NO/c18-13-3-1-2-12(8-13)17-9-11(6-7-21)15-10-14(19)4-5-16(15)20-17/h1-5,7-10H,6H2. The molecule has 0 aliphatic heterocycles. The highest BCUT2D eigenvalue weighted by Gasteiger charge is 2.09. The summed E-state index contributed by atoms with van der Waals surface area (Å²) in [6.45, 7) is 0. The van der Waals surface area contributed by atoms with Gasteiger partial charge >= 0.3 is 0 Å². The molecule has 0 aliphatic rings. The molecule has 2 nitrogen and oxygen atoms in total. The number of carbonyl (C=O) groups excluding carboxylic acids is 1. The van der Waals surface area contributed by atoms with Crippen LogP contribution in [0.4, 0.5) is 8.78 Å². The van der Waals surface area contributed by atoms with Crippen LogP contribution >= 0.6 is 0 Å². The number of hydrogen-bond donors (Lipinski definition) is 0. The Hall–Kier alpha value is -2.62. The van der Waals surface area contributed by atoms with Crippen molar-refractivity contribution >= 4 is 17.2 Å². The molecule has 3 rings (SSSR count). The van der Waals surface area contributed by atoms with Gasteiger partial charge in [-0.1, -0.05) is 12.1 Å². The third-order valence-electron chi connectivity index (χ3n) is 3.28. The summed E-state index contributed by atoms with van der Waals surface area (Å²) in [5.41, 5.74) is 2.43. The van der Waals surface area contributed by atoms with Gasteiger partial charge in [-0.2, -0.15) is 0 Å². The number of rotatable bonds is 3. The Kier molecular flexibility index (Phi) is 3.44. The summed E-state index contributed by atoms with van der Waals surface area (Å²) in [6, 6.07) is 12.0. The number of halogens is 2. The lowest BCUT2D eigenvalue weighted by Gasteiger charge is -2.08. The van der Waals surface area contributed by atoms with Crippen molar-refractivity contribution in [1.29, 1.82) is 0 Å². The molecule has 0 spiro atoms. The van der Waals surface area contributed by atoms with E-state index in [0.717, 1.165) is 6.29 Å². The number of benzene rings is 2. The average molecular weight is 283 g/mol. The van der Waals surface area contributed by atoms with E-state index in [0.29, 0.717) is 27.7 Å². The van der Waals surface area contributed by atoms with Crippen LogP contribution in [-0.2, 0) is 11.2 Å². The van der Waals surface area contributed by atoms with Gasteiger partial charge in [-0.05, 0) is 42.0 Å². The fourth-order valence-electron chi connectivity index (χ4n) is 2.32. The van der Waals surface area contributed by atoms with Crippen LogP contribution in [0.15, 0.2) is 48.5 Å². The third-order valence-corrected chi connectivity index (χ3v) is 3.28. The largest absolute Gasteiger partial charge is 0.303 e. The number of fused-ring (bicyclic) bond motifs is 1. The molecule has 0 fully saturated rings. The Labute approximate surface area is 120 Å². The molecule has 0 saturated heterocycles. The summed E-state index contributed by atoms with van der Waals surface area (Å²) >= 11 is 0. The molecule has 3 aromatic rings. The quantitative estimate of drug-likeness (QED) is 0.682. The first-order valence-corrected chi connectivity index (χ1v) is 6.46. The van der Waals surface area contributed by atoms with E-state index in [1.165, 1.54) is 24.3 Å². The van der Waals surface area contributed by atoms with Crippen LogP contribution in [-0.4, -0.2) is 11.3 Å². The fraction of sp³-hybridized carbons (Fsp3) is 0.0588. The first-order chi connectivity index (χ1) is 10.2. The van der Waals surface area contributed by atoms with Crippen molar-refractivity contribution in [1.82, 2.24) is 4.98 Å². The molecular formula is C17H11F2NO. The van der Waals surface area contributed by atoms with Gasteiger partial charge in [0.25, 0.3) is 0 Å². The van der Waals surface area contributed by atoms with Gasteiger partial charge in [-0.25, -0.2) is 13.8 Å². The molecule has 4 heteroatoms. The number of aromatic nitrogens is 1. The molecule has 2 aromatic carbocycles. The Balaban J connectivity index is 2.25. The number of hydrogen-bond acceptors (Lipinski definition) is 2. The van der Waals surface area contributed by atoms with E-state index >= 15 is 0 Å². The highest BCUT2D eigenvalue weighted by molar-refractivity contribution is 5.87. The molecule has 104 valence electrons. The predicted molar refractivity (Wildman–Crippen MR) is 76.9 cm³/mol. The average Bonchev–Trinajstić information content (AvgIpc) is 2.48.